The smallest absolute Gasteiger partial charge is 0.311 e. The van der Waals surface area contributed by atoms with E-state index in [0.29, 0.717) is 0 Å². The number of hydrogen-bond donors (Lipinski definition) is 0. The maximum atomic E-state index is 2.37. The third-order valence-corrected chi connectivity index (χ3v) is 10.6. The number of nitrogens with zero attached hydrogens (tertiary/aromatic N) is 2. The highest BCUT2D eigenvalue weighted by Crippen LogP contribution is 2.14. The second-order valence-corrected chi connectivity index (χ2v) is 11.1. The van der Waals surface area contributed by atoms with Gasteiger partial charge in [-0.1, -0.05) is 107 Å². The Kier molecular flexibility index (Phi) is 5.77. The van der Waals surface area contributed by atoms with Gasteiger partial charge in [0.25, 0.3) is 0 Å². The van der Waals surface area contributed by atoms with Crippen molar-refractivity contribution in [1.82, 2.24) is 9.62 Å². The van der Waals surface area contributed by atoms with E-state index in [4.69, 9.17) is 0 Å². The summed E-state index contributed by atoms with van der Waals surface area (Å²) in [6.45, 7) is 0.287. The van der Waals surface area contributed by atoms with Gasteiger partial charge in [0.05, 0.1) is 0 Å². The number of rotatable bonds is 6. The molecule has 0 saturated heterocycles. The summed E-state index contributed by atoms with van der Waals surface area (Å²) in [4.78, 5) is 4.75. The first-order chi connectivity index (χ1) is 12.6. The SMILES string of the molecule is CN(C)B(N(C)C)[Si](c1ccccc1)(c1ccccc1)c1ccccc1. The molecule has 26 heavy (non-hydrogen) atoms. The van der Waals surface area contributed by atoms with Gasteiger partial charge >= 0.3 is 6.57 Å². The molecule has 0 aliphatic heterocycles. The minimum atomic E-state index is -2.33. The molecule has 3 aromatic carbocycles. The first-order valence-electron chi connectivity index (χ1n) is 9.08. The summed E-state index contributed by atoms with van der Waals surface area (Å²) in [5, 5.41) is 4.31. The van der Waals surface area contributed by atoms with Crippen LogP contribution in [0.2, 0.25) is 0 Å². The van der Waals surface area contributed by atoms with Crippen LogP contribution in [0.4, 0.5) is 0 Å². The predicted molar refractivity (Wildman–Crippen MR) is 117 cm³/mol. The molecule has 0 spiro atoms. The first-order valence-corrected chi connectivity index (χ1v) is 11.2. The molecule has 0 saturated carbocycles. The highest BCUT2D eigenvalue weighted by molar-refractivity contribution is 7.48. The third-order valence-electron chi connectivity index (χ3n) is 5.05. The van der Waals surface area contributed by atoms with Gasteiger partial charge in [0, 0.05) is 0 Å². The fourth-order valence-electron chi connectivity index (χ4n) is 4.29. The van der Waals surface area contributed by atoms with E-state index < -0.39 is 7.94 Å². The van der Waals surface area contributed by atoms with Crippen LogP contribution < -0.4 is 15.6 Å². The van der Waals surface area contributed by atoms with Crippen LogP contribution in [0.15, 0.2) is 91.0 Å². The molecule has 0 bridgehead atoms. The number of benzene rings is 3. The minimum Gasteiger partial charge on any atom is -0.335 e. The van der Waals surface area contributed by atoms with E-state index in [2.05, 4.69) is 129 Å². The Morgan fingerprint density at radius 1 is 0.500 bits per heavy atom. The molecule has 3 aromatic rings. The fourth-order valence-corrected chi connectivity index (χ4v) is 9.89. The lowest BCUT2D eigenvalue weighted by atomic mass is 10.1. The molecular weight excluding hydrogens is 331 g/mol. The van der Waals surface area contributed by atoms with E-state index >= 15 is 0 Å². The van der Waals surface area contributed by atoms with Gasteiger partial charge in [-0.05, 0) is 28.2 Å². The predicted octanol–water partition coefficient (Wildman–Crippen LogP) is 1.85. The molecule has 0 heterocycles. The second-order valence-electron chi connectivity index (χ2n) is 7.21. The van der Waals surface area contributed by atoms with Crippen molar-refractivity contribution in [3.05, 3.63) is 91.0 Å². The Labute approximate surface area is 159 Å². The van der Waals surface area contributed by atoms with Gasteiger partial charge in [-0.3, -0.25) is 0 Å². The van der Waals surface area contributed by atoms with E-state index in [0.717, 1.165) is 0 Å². The zero-order valence-electron chi connectivity index (χ0n) is 16.1. The Hall–Kier alpha value is -2.14. The zero-order chi connectivity index (χ0) is 18.6. The van der Waals surface area contributed by atoms with Crippen molar-refractivity contribution < 1.29 is 0 Å². The van der Waals surface area contributed by atoms with Gasteiger partial charge in [0.15, 0.2) is 7.94 Å². The Balaban J connectivity index is 2.43. The van der Waals surface area contributed by atoms with Gasteiger partial charge in [-0.25, -0.2) is 0 Å². The van der Waals surface area contributed by atoms with Gasteiger partial charge in [0.2, 0.25) is 0 Å². The van der Waals surface area contributed by atoms with Crippen LogP contribution in [0.3, 0.4) is 0 Å². The molecule has 3 rings (SSSR count). The van der Waals surface area contributed by atoms with E-state index in [1.165, 1.54) is 15.6 Å². The Bertz CT molecular complexity index is 703. The Morgan fingerprint density at radius 2 is 0.769 bits per heavy atom. The molecule has 132 valence electrons. The minimum absolute atomic E-state index is 0.287. The standard InChI is InChI=1S/C22H27BN2Si/c1-24(2)23(25(3)4)26(20-14-8-5-9-15-20,21-16-10-6-11-17-21)22-18-12-7-13-19-22/h5-19H,1-4H3. The Morgan fingerprint density at radius 3 is 1.00 bits per heavy atom. The molecule has 0 radical (unpaired) electrons. The molecule has 0 aliphatic carbocycles. The molecule has 4 heteroatoms. The lowest BCUT2D eigenvalue weighted by molar-refractivity contribution is 0.536. The highest BCUT2D eigenvalue weighted by Gasteiger charge is 2.52. The van der Waals surface area contributed by atoms with Crippen LogP contribution in [0.1, 0.15) is 0 Å². The molecule has 0 fully saturated rings. The molecule has 0 aliphatic rings. The average Bonchev–Trinajstić information content (AvgIpc) is 2.67. The van der Waals surface area contributed by atoms with Crippen molar-refractivity contribution >= 4 is 30.1 Å². The largest absolute Gasteiger partial charge is 0.335 e. The summed E-state index contributed by atoms with van der Waals surface area (Å²) < 4.78 is 0. The van der Waals surface area contributed by atoms with Crippen molar-refractivity contribution in [2.75, 3.05) is 28.2 Å². The molecule has 2 nitrogen and oxygen atoms in total. The van der Waals surface area contributed by atoms with Crippen molar-refractivity contribution in [1.29, 1.82) is 0 Å². The molecule has 0 N–H and O–H groups in total. The molecule has 0 amide bonds. The topological polar surface area (TPSA) is 6.48 Å². The molecule has 0 aromatic heterocycles. The fraction of sp³-hybridized carbons (Fsp3) is 0.182. The van der Waals surface area contributed by atoms with Crippen molar-refractivity contribution in [3.63, 3.8) is 0 Å². The van der Waals surface area contributed by atoms with E-state index in [-0.39, 0.29) is 6.57 Å². The maximum Gasteiger partial charge on any atom is 0.311 e. The normalized spacial score (nSPS) is 11.8. The van der Waals surface area contributed by atoms with Crippen LogP contribution >= 0.6 is 0 Å². The van der Waals surface area contributed by atoms with Gasteiger partial charge in [-0.2, -0.15) is 0 Å². The number of hydrogen-bond acceptors (Lipinski definition) is 2. The summed E-state index contributed by atoms with van der Waals surface area (Å²) in [7, 11) is 6.46. The van der Waals surface area contributed by atoms with Crippen molar-refractivity contribution in [2.45, 2.75) is 0 Å². The lowest BCUT2D eigenvalue weighted by Gasteiger charge is -2.44. The van der Waals surface area contributed by atoms with Crippen LogP contribution in [0.25, 0.3) is 0 Å². The zero-order valence-corrected chi connectivity index (χ0v) is 17.1. The van der Waals surface area contributed by atoms with Gasteiger partial charge < -0.3 is 9.62 Å². The monoisotopic (exact) mass is 358 g/mol. The summed E-state index contributed by atoms with van der Waals surface area (Å²) >= 11 is 0. The van der Waals surface area contributed by atoms with E-state index in [9.17, 15) is 0 Å². The van der Waals surface area contributed by atoms with E-state index in [1.807, 2.05) is 0 Å². The highest BCUT2D eigenvalue weighted by atomic mass is 28.3. The van der Waals surface area contributed by atoms with Gasteiger partial charge in [0.1, 0.15) is 0 Å². The first kappa shape index (κ1) is 18.6. The third kappa shape index (κ3) is 3.28. The van der Waals surface area contributed by atoms with E-state index in [1.54, 1.807) is 0 Å². The molecular formula is C22H27BN2Si. The quantitative estimate of drug-likeness (QED) is 0.490. The van der Waals surface area contributed by atoms with Gasteiger partial charge in [-0.15, -0.1) is 0 Å². The summed E-state index contributed by atoms with van der Waals surface area (Å²) in [6.07, 6.45) is 0. The van der Waals surface area contributed by atoms with Crippen molar-refractivity contribution in [2.24, 2.45) is 0 Å². The summed E-state index contributed by atoms with van der Waals surface area (Å²) in [5.74, 6) is 0. The second kappa shape index (κ2) is 8.04. The van der Waals surface area contributed by atoms with Crippen LogP contribution in [0.5, 0.6) is 0 Å². The van der Waals surface area contributed by atoms with Crippen LogP contribution in [-0.4, -0.2) is 52.3 Å². The van der Waals surface area contributed by atoms with Crippen LogP contribution in [0, 0.1) is 0 Å². The lowest BCUT2D eigenvalue weighted by Crippen LogP contribution is -2.82. The molecule has 0 unspecified atom stereocenters. The average molecular weight is 358 g/mol. The van der Waals surface area contributed by atoms with Crippen LogP contribution in [-0.2, 0) is 0 Å². The summed E-state index contributed by atoms with van der Waals surface area (Å²) in [6, 6.07) is 33.2. The summed E-state index contributed by atoms with van der Waals surface area (Å²) in [5.41, 5.74) is 0. The molecule has 0 atom stereocenters. The van der Waals surface area contributed by atoms with Crippen molar-refractivity contribution in [3.8, 4) is 0 Å². The maximum absolute atomic E-state index is 2.37.